The molecule has 48 heavy (non-hydrogen) atoms. The number of benzene rings is 3. The number of nitrogens with one attached hydrogen (secondary N) is 1. The van der Waals surface area contributed by atoms with Gasteiger partial charge in [0.15, 0.2) is 0 Å². The lowest BCUT2D eigenvalue weighted by molar-refractivity contribution is -0.140. The number of nitrogens with zero attached hydrogens (tertiary/aromatic N) is 1. The van der Waals surface area contributed by atoms with Crippen molar-refractivity contribution in [3.05, 3.63) is 106 Å². The van der Waals surface area contributed by atoms with Crippen molar-refractivity contribution in [2.75, 3.05) is 6.61 Å². The molecule has 1 saturated carbocycles. The first-order chi connectivity index (χ1) is 22.8. The number of allylic oxidation sites excluding steroid dienone is 3. The van der Waals surface area contributed by atoms with Crippen LogP contribution in [0.3, 0.4) is 0 Å². The zero-order valence-electron chi connectivity index (χ0n) is 26.8. The van der Waals surface area contributed by atoms with Crippen LogP contribution in [-0.4, -0.2) is 36.0 Å². The summed E-state index contributed by atoms with van der Waals surface area (Å²) in [5.41, 5.74) is 1.49. The lowest BCUT2D eigenvalue weighted by Crippen LogP contribution is -2.38. The van der Waals surface area contributed by atoms with Gasteiger partial charge in [0.2, 0.25) is 12.3 Å². The average Bonchev–Trinajstić information content (AvgIpc) is 3.86. The number of carbonyl (C=O) groups is 3. The van der Waals surface area contributed by atoms with Crippen LogP contribution in [0.15, 0.2) is 72.5 Å². The number of esters is 1. The van der Waals surface area contributed by atoms with Crippen molar-refractivity contribution in [1.82, 2.24) is 10.2 Å². The summed E-state index contributed by atoms with van der Waals surface area (Å²) in [7, 11) is 0. The predicted molar refractivity (Wildman–Crippen MR) is 169 cm³/mol. The number of rotatable bonds is 6. The van der Waals surface area contributed by atoms with E-state index in [9.17, 15) is 27.6 Å². The molecule has 12 heteroatoms. The third-order valence-corrected chi connectivity index (χ3v) is 7.74. The fraction of sp³-hybridized carbons (Fsp3) is 0.306. The van der Waals surface area contributed by atoms with E-state index in [-0.39, 0.29) is 41.7 Å². The van der Waals surface area contributed by atoms with Gasteiger partial charge in [0, 0.05) is 36.4 Å². The van der Waals surface area contributed by atoms with E-state index in [1.54, 1.807) is 31.2 Å². The molecule has 1 fully saturated rings. The first-order valence-electron chi connectivity index (χ1n) is 15.2. The third kappa shape index (κ3) is 8.47. The van der Waals surface area contributed by atoms with Crippen molar-refractivity contribution in [2.45, 2.75) is 65.2 Å². The van der Waals surface area contributed by atoms with Crippen LogP contribution in [-0.2, 0) is 25.7 Å². The highest BCUT2D eigenvalue weighted by Gasteiger charge is 2.34. The van der Waals surface area contributed by atoms with Gasteiger partial charge in [-0.2, -0.15) is 13.2 Å². The highest BCUT2D eigenvalue weighted by atomic mass is 19.4. The highest BCUT2D eigenvalue weighted by Crippen LogP contribution is 2.45. The second-order valence-electron chi connectivity index (χ2n) is 11.2. The van der Waals surface area contributed by atoms with E-state index in [2.05, 4.69) is 10.1 Å². The van der Waals surface area contributed by atoms with Gasteiger partial charge < -0.3 is 19.7 Å². The lowest BCUT2D eigenvalue weighted by atomic mass is 9.93. The Kier molecular flexibility index (Phi) is 11.4. The summed E-state index contributed by atoms with van der Waals surface area (Å²) in [6, 6.07) is 10.6. The van der Waals surface area contributed by atoms with Gasteiger partial charge in [-0.1, -0.05) is 18.2 Å². The lowest BCUT2D eigenvalue weighted by Gasteiger charge is -2.26. The predicted octanol–water partition coefficient (Wildman–Crippen LogP) is 8.33. The first-order valence-corrected chi connectivity index (χ1v) is 15.2. The number of aryl methyl sites for hydroxylation is 1. The van der Waals surface area contributed by atoms with Gasteiger partial charge in [0.25, 0.3) is 0 Å². The van der Waals surface area contributed by atoms with Crippen molar-refractivity contribution < 1.29 is 45.8 Å². The molecule has 1 aliphatic carbocycles. The molecule has 2 aliphatic rings. The van der Waals surface area contributed by atoms with E-state index >= 15 is 8.78 Å². The summed E-state index contributed by atoms with van der Waals surface area (Å²) in [5.74, 6) is -1.96. The van der Waals surface area contributed by atoms with Gasteiger partial charge >= 0.3 is 12.1 Å². The molecule has 1 aliphatic heterocycles. The van der Waals surface area contributed by atoms with Crippen LogP contribution in [0, 0.1) is 18.6 Å². The largest absolute Gasteiger partial charge is 0.466 e. The molecule has 3 aromatic rings. The minimum absolute atomic E-state index is 0.0328. The fourth-order valence-electron chi connectivity index (χ4n) is 5.31. The Morgan fingerprint density at radius 2 is 1.83 bits per heavy atom. The number of hydrogen-bond donors (Lipinski definition) is 1. The topological polar surface area (TPSA) is 84.9 Å². The minimum atomic E-state index is -4.72. The van der Waals surface area contributed by atoms with E-state index in [0.29, 0.717) is 40.0 Å². The van der Waals surface area contributed by atoms with Crippen LogP contribution in [0.2, 0.25) is 0 Å². The third-order valence-electron chi connectivity index (χ3n) is 7.74. The molecule has 254 valence electrons. The maximum atomic E-state index is 15.7. The number of halogens is 5. The Labute approximate surface area is 275 Å². The van der Waals surface area contributed by atoms with E-state index in [4.69, 9.17) is 4.74 Å². The highest BCUT2D eigenvalue weighted by molar-refractivity contribution is 5.86. The first kappa shape index (κ1) is 35.8. The molecule has 0 aromatic heterocycles. The van der Waals surface area contributed by atoms with E-state index in [1.165, 1.54) is 26.0 Å². The quantitative estimate of drug-likeness (QED) is 0.123. The molecule has 0 saturated heterocycles. The van der Waals surface area contributed by atoms with Crippen molar-refractivity contribution >= 4 is 18.3 Å². The van der Waals surface area contributed by atoms with Crippen molar-refractivity contribution in [2.24, 2.45) is 0 Å². The van der Waals surface area contributed by atoms with Gasteiger partial charge in [0.05, 0.1) is 12.2 Å². The monoisotopic (exact) mass is 670 g/mol. The van der Waals surface area contributed by atoms with Gasteiger partial charge in [-0.25, -0.2) is 8.78 Å². The van der Waals surface area contributed by atoms with Crippen LogP contribution in [0.25, 0.3) is 11.1 Å². The standard InChI is InChI=1S/C32H27F5N2O3.C4H8O2/c1-3-22(32(35,36)37)11-12-39(17-40)30-25-15-23(9-10-26(25)33)42-27-6-4-5-18(2)28(27)20-13-21(16-38-31(30)41)29(34)24(14-20)19-7-8-19;1-3-6-4(2)5/h3-6,9-15,17,19,30H,7-8,16H2,1-2H3,(H,38,41);3H2,1-2H3/b12-11-,22-3+;. The van der Waals surface area contributed by atoms with E-state index in [0.717, 1.165) is 36.7 Å². The summed E-state index contributed by atoms with van der Waals surface area (Å²) in [6.07, 6.45) is -0.779. The molecule has 1 atom stereocenters. The Morgan fingerprint density at radius 1 is 1.10 bits per heavy atom. The SMILES string of the molecule is C/C=C(\C=C/N(C=O)C1C(=O)NCc2cc(cc(C3CC3)c2F)-c2c(C)cccc2Oc2ccc(F)c1c2)C(F)(F)F.CCOC(C)=O. The normalized spacial score (nSPS) is 16.1. The maximum Gasteiger partial charge on any atom is 0.416 e. The molecule has 1 unspecified atom stereocenters. The van der Waals surface area contributed by atoms with Crippen molar-refractivity contribution in [3.63, 3.8) is 0 Å². The molecule has 3 aromatic carbocycles. The van der Waals surface area contributed by atoms with Crippen LogP contribution >= 0.6 is 0 Å². The molecule has 2 amide bonds. The fourth-order valence-corrected chi connectivity index (χ4v) is 5.31. The summed E-state index contributed by atoms with van der Waals surface area (Å²) >= 11 is 0. The molecule has 4 bridgehead atoms. The Bertz CT molecular complexity index is 1750. The van der Waals surface area contributed by atoms with E-state index < -0.39 is 35.3 Å². The van der Waals surface area contributed by atoms with Crippen LogP contribution in [0.4, 0.5) is 22.0 Å². The Hall–Kier alpha value is -5.00. The molecular weight excluding hydrogens is 635 g/mol. The molecular formula is C36H35F5N2O5. The maximum absolute atomic E-state index is 15.7. The van der Waals surface area contributed by atoms with Gasteiger partial charge in [-0.3, -0.25) is 14.4 Å². The zero-order chi connectivity index (χ0) is 35.2. The summed E-state index contributed by atoms with van der Waals surface area (Å²) in [5, 5.41) is 2.57. The molecule has 5 rings (SSSR count). The number of fused-ring (bicyclic) bond motifs is 6. The second kappa shape index (κ2) is 15.3. The number of hydrogen-bond acceptors (Lipinski definition) is 5. The van der Waals surface area contributed by atoms with Gasteiger partial charge in [-0.15, -0.1) is 0 Å². The second-order valence-corrected chi connectivity index (χ2v) is 11.2. The summed E-state index contributed by atoms with van der Waals surface area (Å²) < 4.78 is 81.6. The number of amides is 2. The van der Waals surface area contributed by atoms with Gasteiger partial charge in [-0.05, 0) is 98.7 Å². The zero-order valence-corrected chi connectivity index (χ0v) is 26.8. The molecule has 1 heterocycles. The summed E-state index contributed by atoms with van der Waals surface area (Å²) in [4.78, 5) is 36.2. The number of alkyl halides is 3. The Balaban J connectivity index is 0.000000794. The van der Waals surface area contributed by atoms with Crippen LogP contribution in [0.5, 0.6) is 11.5 Å². The van der Waals surface area contributed by atoms with E-state index in [1.807, 2.05) is 13.0 Å². The molecule has 1 N–H and O–H groups in total. The average molecular weight is 671 g/mol. The van der Waals surface area contributed by atoms with Gasteiger partial charge in [0.1, 0.15) is 29.2 Å². The smallest absolute Gasteiger partial charge is 0.416 e. The summed E-state index contributed by atoms with van der Waals surface area (Å²) in [6.45, 7) is 6.39. The minimum Gasteiger partial charge on any atom is -0.466 e. The van der Waals surface area contributed by atoms with Crippen LogP contribution in [0.1, 0.15) is 67.8 Å². The molecule has 0 spiro atoms. The number of ether oxygens (including phenoxy) is 2. The number of carbonyl (C=O) groups excluding carboxylic acids is 3. The van der Waals surface area contributed by atoms with Crippen LogP contribution < -0.4 is 10.1 Å². The van der Waals surface area contributed by atoms with Crippen molar-refractivity contribution in [3.8, 4) is 22.6 Å². The Morgan fingerprint density at radius 3 is 2.42 bits per heavy atom. The van der Waals surface area contributed by atoms with Crippen molar-refractivity contribution in [1.29, 1.82) is 0 Å². The molecule has 7 nitrogen and oxygen atoms in total. The molecule has 0 radical (unpaired) electrons.